The number of pyridine rings is 1. The number of fused-ring (bicyclic) bond motifs is 1. The SMILES string of the molecule is O=C(O)CNC(=O)c1nc(Br)c2ccc(-c3ccccc3)cc2c1O. The van der Waals surface area contributed by atoms with E-state index in [1.807, 2.05) is 36.4 Å². The van der Waals surface area contributed by atoms with Crippen molar-refractivity contribution >= 4 is 38.6 Å². The molecule has 0 saturated carbocycles. The van der Waals surface area contributed by atoms with Crippen LogP contribution in [0.4, 0.5) is 0 Å². The van der Waals surface area contributed by atoms with Gasteiger partial charge in [-0.1, -0.05) is 42.5 Å². The molecule has 2 aromatic carbocycles. The van der Waals surface area contributed by atoms with Crippen LogP contribution in [0.25, 0.3) is 21.9 Å². The topological polar surface area (TPSA) is 99.5 Å². The molecule has 0 aliphatic rings. The van der Waals surface area contributed by atoms with Crippen LogP contribution in [0.5, 0.6) is 5.75 Å². The standard InChI is InChI=1S/C18H13BrN2O4/c19-17-12-7-6-11(10-4-2-1-3-5-10)8-13(12)16(24)15(21-17)18(25)20-9-14(22)23/h1-8,24H,9H2,(H,20,25)(H,22,23). The third-order valence-electron chi connectivity index (χ3n) is 3.65. The number of hydrogen-bond acceptors (Lipinski definition) is 4. The first-order chi connectivity index (χ1) is 12.0. The molecule has 0 aliphatic heterocycles. The molecule has 6 nitrogen and oxygen atoms in total. The molecule has 3 rings (SSSR count). The second-order valence-electron chi connectivity index (χ2n) is 5.30. The van der Waals surface area contributed by atoms with Gasteiger partial charge in [-0.15, -0.1) is 0 Å². The molecule has 0 radical (unpaired) electrons. The van der Waals surface area contributed by atoms with Gasteiger partial charge in [0.1, 0.15) is 11.1 Å². The summed E-state index contributed by atoms with van der Waals surface area (Å²) in [4.78, 5) is 26.7. The van der Waals surface area contributed by atoms with E-state index in [9.17, 15) is 14.7 Å². The molecule has 3 N–H and O–H groups in total. The first-order valence-corrected chi connectivity index (χ1v) is 8.14. The van der Waals surface area contributed by atoms with Crippen LogP contribution in [0.1, 0.15) is 10.5 Å². The van der Waals surface area contributed by atoms with Crippen molar-refractivity contribution in [2.75, 3.05) is 6.54 Å². The molecular formula is C18H13BrN2O4. The van der Waals surface area contributed by atoms with Gasteiger partial charge in [-0.05, 0) is 33.1 Å². The lowest BCUT2D eigenvalue weighted by atomic mass is 10.0. The molecule has 0 fully saturated rings. The fourth-order valence-corrected chi connectivity index (χ4v) is 2.99. The maximum Gasteiger partial charge on any atom is 0.322 e. The minimum Gasteiger partial charge on any atom is -0.505 e. The largest absolute Gasteiger partial charge is 0.505 e. The van der Waals surface area contributed by atoms with Crippen LogP contribution in [0, 0.1) is 0 Å². The van der Waals surface area contributed by atoms with Gasteiger partial charge in [-0.2, -0.15) is 0 Å². The van der Waals surface area contributed by atoms with Gasteiger partial charge >= 0.3 is 5.97 Å². The van der Waals surface area contributed by atoms with Crippen molar-refractivity contribution in [3.63, 3.8) is 0 Å². The van der Waals surface area contributed by atoms with Gasteiger partial charge in [0.05, 0.1) is 0 Å². The summed E-state index contributed by atoms with van der Waals surface area (Å²) >= 11 is 3.29. The van der Waals surface area contributed by atoms with E-state index in [0.717, 1.165) is 11.1 Å². The molecule has 0 atom stereocenters. The van der Waals surface area contributed by atoms with Gasteiger partial charge < -0.3 is 15.5 Å². The zero-order valence-electron chi connectivity index (χ0n) is 12.9. The van der Waals surface area contributed by atoms with Crippen LogP contribution in [0.15, 0.2) is 53.1 Å². The molecule has 7 heteroatoms. The molecule has 0 saturated heterocycles. The number of hydrogen-bond donors (Lipinski definition) is 3. The number of carbonyl (C=O) groups is 2. The van der Waals surface area contributed by atoms with Crippen molar-refractivity contribution in [3.05, 3.63) is 58.8 Å². The highest BCUT2D eigenvalue weighted by Crippen LogP contribution is 2.35. The Balaban J connectivity index is 2.10. The van der Waals surface area contributed by atoms with E-state index < -0.39 is 18.4 Å². The van der Waals surface area contributed by atoms with Crippen LogP contribution >= 0.6 is 15.9 Å². The minimum atomic E-state index is -1.18. The third kappa shape index (κ3) is 3.46. The number of rotatable bonds is 4. The Kier molecular flexibility index (Phi) is 4.67. The Morgan fingerprint density at radius 1 is 1.04 bits per heavy atom. The summed E-state index contributed by atoms with van der Waals surface area (Å²) in [7, 11) is 0. The van der Waals surface area contributed by atoms with Crippen LogP contribution in [-0.4, -0.2) is 33.6 Å². The van der Waals surface area contributed by atoms with Crippen LogP contribution in [0.3, 0.4) is 0 Å². The van der Waals surface area contributed by atoms with E-state index >= 15 is 0 Å². The van der Waals surface area contributed by atoms with Crippen molar-refractivity contribution in [2.24, 2.45) is 0 Å². The average Bonchev–Trinajstić information content (AvgIpc) is 2.63. The Hall–Kier alpha value is -2.93. The average molecular weight is 401 g/mol. The maximum atomic E-state index is 12.1. The number of halogens is 1. The number of carboxylic acids is 1. The van der Waals surface area contributed by atoms with Crippen LogP contribution < -0.4 is 5.32 Å². The number of aromatic nitrogens is 1. The Morgan fingerprint density at radius 2 is 1.76 bits per heavy atom. The number of nitrogens with one attached hydrogen (secondary N) is 1. The Morgan fingerprint density at radius 3 is 2.44 bits per heavy atom. The monoisotopic (exact) mass is 400 g/mol. The lowest BCUT2D eigenvalue weighted by molar-refractivity contribution is -0.135. The second-order valence-corrected chi connectivity index (χ2v) is 6.05. The number of aliphatic carboxylic acids is 1. The predicted octanol–water partition coefficient (Wildman–Crippen LogP) is 3.18. The molecule has 0 aliphatic carbocycles. The highest BCUT2D eigenvalue weighted by Gasteiger charge is 2.19. The summed E-state index contributed by atoms with van der Waals surface area (Å²) in [5.74, 6) is -2.23. The van der Waals surface area contributed by atoms with Crippen LogP contribution in [-0.2, 0) is 4.79 Å². The van der Waals surface area contributed by atoms with E-state index in [4.69, 9.17) is 5.11 Å². The van der Waals surface area contributed by atoms with E-state index in [1.54, 1.807) is 12.1 Å². The second kappa shape index (κ2) is 6.90. The molecule has 0 bridgehead atoms. The molecule has 1 aromatic heterocycles. The van der Waals surface area contributed by atoms with Crippen molar-refractivity contribution in [1.29, 1.82) is 0 Å². The molecule has 25 heavy (non-hydrogen) atoms. The number of carboxylic acid groups (broad SMARTS) is 1. The molecule has 0 unspecified atom stereocenters. The Bertz CT molecular complexity index is 974. The lowest BCUT2D eigenvalue weighted by Crippen LogP contribution is -2.30. The summed E-state index contributed by atoms with van der Waals surface area (Å²) in [6, 6.07) is 15.1. The highest BCUT2D eigenvalue weighted by atomic mass is 79.9. The van der Waals surface area contributed by atoms with Gasteiger partial charge in [-0.25, -0.2) is 4.98 Å². The first-order valence-electron chi connectivity index (χ1n) is 7.35. The summed E-state index contributed by atoms with van der Waals surface area (Å²) < 4.78 is 0.389. The highest BCUT2D eigenvalue weighted by molar-refractivity contribution is 9.10. The van der Waals surface area contributed by atoms with Crippen LogP contribution in [0.2, 0.25) is 0 Å². The normalized spacial score (nSPS) is 10.6. The molecular weight excluding hydrogens is 388 g/mol. The smallest absolute Gasteiger partial charge is 0.322 e. The van der Waals surface area contributed by atoms with Gasteiger partial charge in [0, 0.05) is 10.8 Å². The third-order valence-corrected chi connectivity index (χ3v) is 4.26. The maximum absolute atomic E-state index is 12.1. The number of benzene rings is 2. The van der Waals surface area contributed by atoms with Crippen molar-refractivity contribution in [3.8, 4) is 16.9 Å². The quantitative estimate of drug-likeness (QED) is 0.584. The molecule has 3 aromatic rings. The van der Waals surface area contributed by atoms with E-state index in [1.165, 1.54) is 0 Å². The first kappa shape index (κ1) is 16.9. The Labute approximate surface area is 151 Å². The van der Waals surface area contributed by atoms with E-state index in [0.29, 0.717) is 15.4 Å². The summed E-state index contributed by atoms with van der Waals surface area (Å²) in [5, 5.41) is 22.4. The minimum absolute atomic E-state index is 0.231. The number of amides is 1. The number of aromatic hydroxyl groups is 1. The molecule has 1 heterocycles. The van der Waals surface area contributed by atoms with Gasteiger partial charge in [0.2, 0.25) is 0 Å². The van der Waals surface area contributed by atoms with Crippen molar-refractivity contribution in [1.82, 2.24) is 10.3 Å². The van der Waals surface area contributed by atoms with Crippen molar-refractivity contribution < 1.29 is 19.8 Å². The lowest BCUT2D eigenvalue weighted by Gasteiger charge is -2.11. The summed E-state index contributed by atoms with van der Waals surface area (Å²) in [6.07, 6.45) is 0. The van der Waals surface area contributed by atoms with Crippen molar-refractivity contribution in [2.45, 2.75) is 0 Å². The zero-order chi connectivity index (χ0) is 18.0. The molecule has 1 amide bonds. The zero-order valence-corrected chi connectivity index (χ0v) is 14.4. The predicted molar refractivity (Wildman–Crippen MR) is 96.5 cm³/mol. The van der Waals surface area contributed by atoms with Gasteiger partial charge in [-0.3, -0.25) is 9.59 Å². The number of carbonyl (C=O) groups excluding carboxylic acids is 1. The summed E-state index contributed by atoms with van der Waals surface area (Å²) in [5.41, 5.74) is 1.61. The number of nitrogens with zero attached hydrogens (tertiary/aromatic N) is 1. The molecule has 126 valence electrons. The van der Waals surface area contributed by atoms with E-state index in [2.05, 4.69) is 26.2 Å². The van der Waals surface area contributed by atoms with Gasteiger partial charge in [0.15, 0.2) is 11.4 Å². The van der Waals surface area contributed by atoms with E-state index in [-0.39, 0.29) is 11.4 Å². The molecule has 0 spiro atoms. The summed E-state index contributed by atoms with van der Waals surface area (Å²) in [6.45, 7) is -0.556. The van der Waals surface area contributed by atoms with Gasteiger partial charge in [0.25, 0.3) is 5.91 Å². The fourth-order valence-electron chi connectivity index (χ4n) is 2.47. The fraction of sp³-hybridized carbons (Fsp3) is 0.0556.